The zero-order valence-corrected chi connectivity index (χ0v) is 16.9. The van der Waals surface area contributed by atoms with Crippen LogP contribution < -0.4 is 10.6 Å². The van der Waals surface area contributed by atoms with Gasteiger partial charge in [0.15, 0.2) is 6.61 Å². The van der Waals surface area contributed by atoms with Crippen LogP contribution in [0.5, 0.6) is 0 Å². The van der Waals surface area contributed by atoms with E-state index in [0.717, 1.165) is 12.0 Å². The fraction of sp³-hybridized carbons (Fsp3) is 0.238. The summed E-state index contributed by atoms with van der Waals surface area (Å²) in [6, 6.07) is 12.7. The molecule has 5 nitrogen and oxygen atoms in total. The van der Waals surface area contributed by atoms with Crippen molar-refractivity contribution in [3.63, 3.8) is 0 Å². The number of benzene rings is 2. The highest BCUT2D eigenvalue weighted by Crippen LogP contribution is 2.35. The second-order valence-electron chi connectivity index (χ2n) is 6.31. The number of aryl methyl sites for hydroxylation is 1. The Morgan fingerprint density at radius 2 is 1.71 bits per heavy atom. The van der Waals surface area contributed by atoms with E-state index >= 15 is 0 Å². The average Bonchev–Trinajstić information content (AvgIpc) is 3.02. The van der Waals surface area contributed by atoms with Crippen molar-refractivity contribution in [1.82, 2.24) is 10.6 Å². The van der Waals surface area contributed by atoms with Gasteiger partial charge < -0.3 is 10.1 Å². The molecule has 0 radical (unpaired) electrons. The minimum absolute atomic E-state index is 0.0600. The Balaban J connectivity index is 1.64. The molecule has 2 amide bonds. The van der Waals surface area contributed by atoms with Gasteiger partial charge in [-0.15, -0.1) is 0 Å². The van der Waals surface area contributed by atoms with E-state index in [1.54, 1.807) is 18.2 Å². The second-order valence-corrected chi connectivity index (χ2v) is 7.13. The number of ether oxygens (including phenoxy) is 1. The van der Waals surface area contributed by atoms with E-state index in [9.17, 15) is 9.59 Å². The number of carbonyl (C=O) groups excluding carboxylic acids is 2. The quantitative estimate of drug-likeness (QED) is 0.731. The zero-order chi connectivity index (χ0) is 20.1. The van der Waals surface area contributed by atoms with Crippen molar-refractivity contribution < 1.29 is 14.3 Å². The summed E-state index contributed by atoms with van der Waals surface area (Å²) in [4.78, 5) is 24.5. The maximum atomic E-state index is 12.3. The topological polar surface area (TPSA) is 67.4 Å². The monoisotopic (exact) mass is 418 g/mol. The number of halogens is 2. The summed E-state index contributed by atoms with van der Waals surface area (Å²) in [7, 11) is 0. The normalized spacial score (nSPS) is 13.5. The lowest BCUT2D eigenvalue weighted by Gasteiger charge is -2.11. The summed E-state index contributed by atoms with van der Waals surface area (Å²) in [6.07, 6.45) is 1.69. The highest BCUT2D eigenvalue weighted by atomic mass is 35.5. The molecule has 0 fully saturated rings. The molecule has 0 spiro atoms. The van der Waals surface area contributed by atoms with E-state index in [2.05, 4.69) is 41.8 Å². The molecule has 0 saturated carbocycles. The van der Waals surface area contributed by atoms with Crippen molar-refractivity contribution >= 4 is 40.6 Å². The third-order valence-electron chi connectivity index (χ3n) is 4.42. The van der Waals surface area contributed by atoms with Gasteiger partial charge in [-0.3, -0.25) is 10.1 Å². The van der Waals surface area contributed by atoms with Crippen molar-refractivity contribution in [2.75, 3.05) is 13.2 Å². The summed E-state index contributed by atoms with van der Waals surface area (Å²) in [5.41, 5.74) is 2.95. The van der Waals surface area contributed by atoms with Crippen LogP contribution in [-0.2, 0) is 22.4 Å². The number of rotatable bonds is 6. The largest absolute Gasteiger partial charge is 0.470 e. The molecule has 0 unspecified atom stereocenters. The van der Waals surface area contributed by atoms with Crippen molar-refractivity contribution in [2.24, 2.45) is 0 Å². The predicted molar refractivity (Wildman–Crippen MR) is 110 cm³/mol. The third kappa shape index (κ3) is 4.66. The Morgan fingerprint density at radius 3 is 2.36 bits per heavy atom. The molecule has 28 heavy (non-hydrogen) atoms. The summed E-state index contributed by atoms with van der Waals surface area (Å²) in [5, 5.41) is 5.98. The summed E-state index contributed by atoms with van der Waals surface area (Å²) >= 11 is 12.4. The first-order valence-corrected chi connectivity index (χ1v) is 9.72. The lowest BCUT2D eigenvalue weighted by Crippen LogP contribution is -2.36. The molecule has 0 aliphatic carbocycles. The van der Waals surface area contributed by atoms with Gasteiger partial charge in [0, 0.05) is 12.1 Å². The van der Waals surface area contributed by atoms with Gasteiger partial charge in [-0.25, -0.2) is 4.79 Å². The molecule has 0 aromatic heterocycles. The van der Waals surface area contributed by atoms with E-state index < -0.39 is 6.03 Å². The third-order valence-corrected chi connectivity index (χ3v) is 5.05. The minimum Gasteiger partial charge on any atom is -0.470 e. The SMILES string of the molecule is CCc1ccc(CCNC(=O)NC2=C(c3c(Cl)cccc3Cl)C(=O)CO2)cc1. The molecule has 0 saturated heterocycles. The van der Waals surface area contributed by atoms with E-state index in [1.165, 1.54) is 5.56 Å². The van der Waals surface area contributed by atoms with E-state index in [-0.39, 0.29) is 23.8 Å². The highest BCUT2D eigenvalue weighted by Gasteiger charge is 2.30. The molecule has 3 rings (SSSR count). The number of nitrogens with one attached hydrogen (secondary N) is 2. The summed E-state index contributed by atoms with van der Waals surface area (Å²) in [6.45, 7) is 2.38. The molecule has 146 valence electrons. The van der Waals surface area contributed by atoms with Gasteiger partial charge in [0.2, 0.25) is 11.7 Å². The Labute approximate surface area is 173 Å². The molecule has 7 heteroatoms. The first-order chi connectivity index (χ1) is 13.5. The molecule has 2 aromatic rings. The van der Waals surface area contributed by atoms with Crippen LogP contribution in [0.1, 0.15) is 23.6 Å². The molecule has 2 N–H and O–H groups in total. The first kappa shape index (κ1) is 20.2. The van der Waals surface area contributed by atoms with Crippen molar-refractivity contribution in [3.8, 4) is 0 Å². The number of urea groups is 1. The van der Waals surface area contributed by atoms with E-state index in [1.807, 2.05) is 0 Å². The lowest BCUT2D eigenvalue weighted by atomic mass is 10.0. The van der Waals surface area contributed by atoms with Crippen LogP contribution in [0, 0.1) is 0 Å². The van der Waals surface area contributed by atoms with Gasteiger partial charge >= 0.3 is 6.03 Å². The van der Waals surface area contributed by atoms with Crippen LogP contribution >= 0.6 is 23.2 Å². The Hall–Kier alpha value is -2.50. The minimum atomic E-state index is -0.462. The lowest BCUT2D eigenvalue weighted by molar-refractivity contribution is -0.115. The van der Waals surface area contributed by atoms with Gasteiger partial charge in [-0.1, -0.05) is 60.5 Å². The van der Waals surface area contributed by atoms with Crippen LogP contribution in [0.4, 0.5) is 4.79 Å². The van der Waals surface area contributed by atoms with Crippen molar-refractivity contribution in [1.29, 1.82) is 0 Å². The number of amides is 2. The van der Waals surface area contributed by atoms with Crippen LogP contribution in [0.2, 0.25) is 10.0 Å². The van der Waals surface area contributed by atoms with Crippen LogP contribution in [0.3, 0.4) is 0 Å². The van der Waals surface area contributed by atoms with Gasteiger partial charge in [0.25, 0.3) is 0 Å². The Bertz CT molecular complexity index is 903. The number of hydrogen-bond donors (Lipinski definition) is 2. The standard InChI is InChI=1S/C21H20Cl2N2O3/c1-2-13-6-8-14(9-7-13)10-11-24-21(27)25-20-19(17(26)12-28-20)18-15(22)4-3-5-16(18)23/h3-9H,2,10-12H2,1H3,(H2,24,25,27). The van der Waals surface area contributed by atoms with Gasteiger partial charge in [0.1, 0.15) is 0 Å². The Kier molecular flexibility index (Phi) is 6.60. The zero-order valence-electron chi connectivity index (χ0n) is 15.4. The molecular formula is C21H20Cl2N2O3. The first-order valence-electron chi connectivity index (χ1n) is 8.97. The fourth-order valence-electron chi connectivity index (χ4n) is 2.91. The second kappa shape index (κ2) is 9.13. The van der Waals surface area contributed by atoms with Gasteiger partial charge in [0.05, 0.1) is 15.6 Å². The molecular weight excluding hydrogens is 399 g/mol. The molecule has 0 bridgehead atoms. The van der Waals surface area contributed by atoms with E-state index in [0.29, 0.717) is 28.6 Å². The molecule has 1 aliphatic rings. The predicted octanol–water partition coefficient (Wildman–Crippen LogP) is 4.37. The van der Waals surface area contributed by atoms with Crippen LogP contribution in [-0.4, -0.2) is 25.0 Å². The number of hydrogen-bond acceptors (Lipinski definition) is 3. The summed E-state index contributed by atoms with van der Waals surface area (Å²) < 4.78 is 5.34. The smallest absolute Gasteiger partial charge is 0.321 e. The van der Waals surface area contributed by atoms with Crippen molar-refractivity contribution in [2.45, 2.75) is 19.8 Å². The maximum Gasteiger partial charge on any atom is 0.321 e. The van der Waals surface area contributed by atoms with Crippen molar-refractivity contribution in [3.05, 3.63) is 75.1 Å². The van der Waals surface area contributed by atoms with Crippen LogP contribution in [0.25, 0.3) is 5.57 Å². The average molecular weight is 419 g/mol. The number of Topliss-reactive ketones (excluding diaryl/α,β-unsaturated/α-hetero) is 1. The Morgan fingerprint density at radius 1 is 1.07 bits per heavy atom. The fourth-order valence-corrected chi connectivity index (χ4v) is 3.49. The van der Waals surface area contributed by atoms with Gasteiger partial charge in [-0.2, -0.15) is 0 Å². The number of carbonyl (C=O) groups is 2. The maximum absolute atomic E-state index is 12.3. The highest BCUT2D eigenvalue weighted by molar-refractivity contribution is 6.41. The molecule has 1 heterocycles. The molecule has 1 aliphatic heterocycles. The number of ketones is 1. The molecule has 0 atom stereocenters. The molecule has 2 aromatic carbocycles. The van der Waals surface area contributed by atoms with Crippen LogP contribution in [0.15, 0.2) is 48.3 Å². The van der Waals surface area contributed by atoms with Gasteiger partial charge in [-0.05, 0) is 36.1 Å². The van der Waals surface area contributed by atoms with E-state index in [4.69, 9.17) is 27.9 Å². The summed E-state index contributed by atoms with van der Waals surface area (Å²) in [5.74, 6) is -0.230.